The number of benzene rings is 1. The molecule has 8 heteroatoms. The maximum absolute atomic E-state index is 13.7. The van der Waals surface area contributed by atoms with Gasteiger partial charge >= 0.3 is 0 Å². The second-order valence-corrected chi connectivity index (χ2v) is 9.36. The molecule has 1 amide bonds. The number of halogens is 2. The lowest BCUT2D eigenvalue weighted by Crippen LogP contribution is -2.50. The van der Waals surface area contributed by atoms with Gasteiger partial charge in [-0.2, -0.15) is 0 Å². The van der Waals surface area contributed by atoms with Gasteiger partial charge in [0.1, 0.15) is 11.6 Å². The smallest absolute Gasteiger partial charge is 0.242 e. The Morgan fingerprint density at radius 3 is 2.50 bits per heavy atom. The third-order valence-electron chi connectivity index (χ3n) is 5.22. The molecular weight excluding hydrogens is 362 g/mol. The van der Waals surface area contributed by atoms with E-state index >= 15 is 0 Å². The molecule has 144 valence electrons. The van der Waals surface area contributed by atoms with Crippen LogP contribution in [-0.2, 0) is 14.6 Å². The second kappa shape index (κ2) is 7.90. The molecule has 1 saturated heterocycles. The van der Waals surface area contributed by atoms with Gasteiger partial charge in [0.05, 0.1) is 23.7 Å². The summed E-state index contributed by atoms with van der Waals surface area (Å²) in [4.78, 5) is 14.6. The summed E-state index contributed by atoms with van der Waals surface area (Å²) < 4.78 is 50.8. The molecular formula is C18H24F2N2O3S. The third-order valence-corrected chi connectivity index (χ3v) is 6.97. The third kappa shape index (κ3) is 4.52. The van der Waals surface area contributed by atoms with E-state index in [2.05, 4.69) is 5.32 Å². The molecule has 0 aromatic heterocycles. The summed E-state index contributed by atoms with van der Waals surface area (Å²) in [5, 5.41) is 2.66. The fourth-order valence-corrected chi connectivity index (χ4v) is 5.67. The molecule has 1 aromatic rings. The Labute approximate surface area is 152 Å². The van der Waals surface area contributed by atoms with Crippen LogP contribution in [0, 0.1) is 11.6 Å². The molecule has 0 bridgehead atoms. The van der Waals surface area contributed by atoms with Crippen LogP contribution in [0.3, 0.4) is 0 Å². The van der Waals surface area contributed by atoms with Crippen LogP contribution in [0.15, 0.2) is 18.2 Å². The van der Waals surface area contributed by atoms with E-state index in [-0.39, 0.29) is 41.7 Å². The van der Waals surface area contributed by atoms with Crippen molar-refractivity contribution >= 4 is 21.4 Å². The highest BCUT2D eigenvalue weighted by Gasteiger charge is 2.38. The van der Waals surface area contributed by atoms with Gasteiger partial charge < -0.3 is 10.2 Å². The van der Waals surface area contributed by atoms with E-state index in [1.807, 2.05) is 0 Å². The van der Waals surface area contributed by atoms with Crippen molar-refractivity contribution in [2.24, 2.45) is 0 Å². The van der Waals surface area contributed by atoms with Crippen molar-refractivity contribution in [2.75, 3.05) is 23.4 Å². The lowest BCUT2D eigenvalue weighted by atomic mass is 9.93. The Kier molecular flexibility index (Phi) is 5.79. The number of nitrogens with one attached hydrogen (secondary N) is 1. The Morgan fingerprint density at radius 2 is 1.85 bits per heavy atom. The second-order valence-electron chi connectivity index (χ2n) is 7.13. The molecule has 5 nitrogen and oxygen atoms in total. The van der Waals surface area contributed by atoms with Crippen LogP contribution in [0.25, 0.3) is 0 Å². The molecule has 1 saturated carbocycles. The zero-order valence-corrected chi connectivity index (χ0v) is 15.4. The van der Waals surface area contributed by atoms with Crippen LogP contribution < -0.4 is 5.32 Å². The van der Waals surface area contributed by atoms with Gasteiger partial charge in [-0.05, 0) is 37.5 Å². The number of rotatable bonds is 5. The molecule has 3 rings (SSSR count). The van der Waals surface area contributed by atoms with E-state index in [4.69, 9.17) is 0 Å². The highest BCUT2D eigenvalue weighted by atomic mass is 32.2. The summed E-state index contributed by atoms with van der Waals surface area (Å²) in [5.74, 6) is -1.40. The minimum Gasteiger partial charge on any atom is -0.374 e. The van der Waals surface area contributed by atoms with Crippen LogP contribution in [0.4, 0.5) is 14.5 Å². The SMILES string of the molecule is O=C(CNc1cc(F)ccc1F)N(C1CCCCC1)C1CCS(=O)(=O)C1. The van der Waals surface area contributed by atoms with Gasteiger partial charge in [0.2, 0.25) is 5.91 Å². The zero-order valence-electron chi connectivity index (χ0n) is 14.6. The van der Waals surface area contributed by atoms with Crippen molar-refractivity contribution in [3.63, 3.8) is 0 Å². The highest BCUT2D eigenvalue weighted by Crippen LogP contribution is 2.28. The Morgan fingerprint density at radius 1 is 1.12 bits per heavy atom. The average Bonchev–Trinajstić information content (AvgIpc) is 2.96. The fourth-order valence-electron chi connectivity index (χ4n) is 3.95. The molecule has 1 aliphatic heterocycles. The first-order valence-corrected chi connectivity index (χ1v) is 10.9. The number of amides is 1. The van der Waals surface area contributed by atoms with E-state index in [9.17, 15) is 22.0 Å². The number of hydrogen-bond donors (Lipinski definition) is 1. The summed E-state index contributed by atoms with van der Waals surface area (Å²) >= 11 is 0. The molecule has 2 fully saturated rings. The predicted molar refractivity (Wildman–Crippen MR) is 95.6 cm³/mol. The Bertz CT molecular complexity index is 764. The van der Waals surface area contributed by atoms with Crippen LogP contribution in [0.2, 0.25) is 0 Å². The van der Waals surface area contributed by atoms with Gasteiger partial charge in [-0.25, -0.2) is 17.2 Å². The first-order chi connectivity index (χ1) is 12.4. The molecule has 1 unspecified atom stereocenters. The summed E-state index contributed by atoms with van der Waals surface area (Å²) in [6, 6.07) is 2.72. The molecule has 1 aliphatic carbocycles. The first kappa shape index (κ1) is 19.1. The largest absolute Gasteiger partial charge is 0.374 e. The number of carbonyl (C=O) groups excluding carboxylic acids is 1. The van der Waals surface area contributed by atoms with Crippen LogP contribution in [-0.4, -0.2) is 49.4 Å². The predicted octanol–water partition coefficient (Wildman–Crippen LogP) is 2.73. The van der Waals surface area contributed by atoms with Gasteiger partial charge in [-0.1, -0.05) is 19.3 Å². The van der Waals surface area contributed by atoms with Crippen molar-refractivity contribution in [2.45, 2.75) is 50.6 Å². The minimum absolute atomic E-state index is 0.0104. The average molecular weight is 386 g/mol. The number of hydrogen-bond acceptors (Lipinski definition) is 4. The maximum Gasteiger partial charge on any atom is 0.242 e. The monoisotopic (exact) mass is 386 g/mol. The van der Waals surface area contributed by atoms with Crippen molar-refractivity contribution < 1.29 is 22.0 Å². The standard InChI is InChI=1S/C18H24F2N2O3S/c19-13-6-7-16(20)17(10-13)21-11-18(23)22(14-4-2-1-3-5-14)15-8-9-26(24,25)12-15/h6-7,10,14-15,21H,1-5,8-9,11-12H2. The topological polar surface area (TPSA) is 66.5 Å². The van der Waals surface area contributed by atoms with E-state index in [1.54, 1.807) is 4.90 Å². The highest BCUT2D eigenvalue weighted by molar-refractivity contribution is 7.91. The molecule has 0 spiro atoms. The summed E-state index contributed by atoms with van der Waals surface area (Å²) in [5.41, 5.74) is -0.0685. The fraction of sp³-hybridized carbons (Fsp3) is 0.611. The summed E-state index contributed by atoms with van der Waals surface area (Å²) in [6.45, 7) is -0.187. The summed E-state index contributed by atoms with van der Waals surface area (Å²) in [7, 11) is -3.12. The van der Waals surface area contributed by atoms with E-state index < -0.39 is 21.5 Å². The maximum atomic E-state index is 13.7. The van der Waals surface area contributed by atoms with Crippen LogP contribution in [0.1, 0.15) is 38.5 Å². The van der Waals surface area contributed by atoms with E-state index in [0.29, 0.717) is 6.42 Å². The lowest BCUT2D eigenvalue weighted by Gasteiger charge is -2.38. The van der Waals surface area contributed by atoms with Gasteiger partial charge in [0.15, 0.2) is 9.84 Å². The quantitative estimate of drug-likeness (QED) is 0.845. The van der Waals surface area contributed by atoms with Crippen molar-refractivity contribution in [1.29, 1.82) is 0 Å². The van der Waals surface area contributed by atoms with Gasteiger partial charge in [0.25, 0.3) is 0 Å². The van der Waals surface area contributed by atoms with Crippen LogP contribution >= 0.6 is 0 Å². The van der Waals surface area contributed by atoms with Gasteiger partial charge in [-0.3, -0.25) is 4.79 Å². The lowest BCUT2D eigenvalue weighted by molar-refractivity contribution is -0.134. The molecule has 1 aromatic carbocycles. The molecule has 1 heterocycles. The number of carbonyl (C=O) groups is 1. The molecule has 2 aliphatic rings. The molecule has 1 atom stereocenters. The Balaban J connectivity index is 1.73. The van der Waals surface area contributed by atoms with Crippen molar-refractivity contribution in [1.82, 2.24) is 4.90 Å². The van der Waals surface area contributed by atoms with Crippen molar-refractivity contribution in [3.8, 4) is 0 Å². The van der Waals surface area contributed by atoms with Gasteiger partial charge in [0, 0.05) is 12.1 Å². The number of nitrogens with zero attached hydrogens (tertiary/aromatic N) is 1. The number of anilines is 1. The van der Waals surface area contributed by atoms with Crippen LogP contribution in [0.5, 0.6) is 0 Å². The van der Waals surface area contributed by atoms with Crippen molar-refractivity contribution in [3.05, 3.63) is 29.8 Å². The molecule has 1 N–H and O–H groups in total. The van der Waals surface area contributed by atoms with E-state index in [1.165, 1.54) is 0 Å². The van der Waals surface area contributed by atoms with Gasteiger partial charge in [-0.15, -0.1) is 0 Å². The Hall–Kier alpha value is -1.70. The molecule has 0 radical (unpaired) electrons. The normalized spacial score (nSPS) is 22.9. The zero-order chi connectivity index (χ0) is 18.7. The molecule has 26 heavy (non-hydrogen) atoms. The first-order valence-electron chi connectivity index (χ1n) is 9.06. The minimum atomic E-state index is -3.12. The summed E-state index contributed by atoms with van der Waals surface area (Å²) in [6.07, 6.45) is 5.31. The van der Waals surface area contributed by atoms with E-state index in [0.717, 1.165) is 50.3 Å². The number of sulfone groups is 1.